The molecule has 0 aromatic heterocycles. The highest BCUT2D eigenvalue weighted by Gasteiger charge is 2.25. The highest BCUT2D eigenvalue weighted by Crippen LogP contribution is 2.21. The van der Waals surface area contributed by atoms with Gasteiger partial charge in [0.25, 0.3) is 5.91 Å². The van der Waals surface area contributed by atoms with E-state index in [0.717, 1.165) is 25.7 Å². The van der Waals surface area contributed by atoms with Crippen LogP contribution in [0, 0.1) is 0 Å². The van der Waals surface area contributed by atoms with Crippen LogP contribution in [0.15, 0.2) is 24.3 Å². The molecule has 1 aromatic carbocycles. The number of carbonyl (C=O) groups is 2. The van der Waals surface area contributed by atoms with Crippen molar-refractivity contribution >= 4 is 17.5 Å². The van der Waals surface area contributed by atoms with E-state index in [9.17, 15) is 9.59 Å². The van der Waals surface area contributed by atoms with Gasteiger partial charge in [0.15, 0.2) is 0 Å². The zero-order chi connectivity index (χ0) is 15.2. The van der Waals surface area contributed by atoms with E-state index in [4.69, 9.17) is 5.73 Å². The summed E-state index contributed by atoms with van der Waals surface area (Å²) < 4.78 is 0. The van der Waals surface area contributed by atoms with Gasteiger partial charge < -0.3 is 16.4 Å². The first-order valence-electron chi connectivity index (χ1n) is 7.55. The summed E-state index contributed by atoms with van der Waals surface area (Å²) in [5.41, 5.74) is 6.92. The third-order valence-corrected chi connectivity index (χ3v) is 3.47. The lowest BCUT2D eigenvalue weighted by atomic mass is 10.1. The molecular weight excluding hydrogens is 266 g/mol. The largest absolute Gasteiger partial charge is 0.349 e. The zero-order valence-electron chi connectivity index (χ0n) is 12.4. The number of amides is 2. The van der Waals surface area contributed by atoms with Crippen molar-refractivity contribution in [1.29, 1.82) is 0 Å². The Hall–Kier alpha value is -1.88. The molecule has 5 nitrogen and oxygen atoms in total. The number of hydrogen-bond donors (Lipinski definition) is 3. The molecule has 1 fully saturated rings. The van der Waals surface area contributed by atoms with E-state index in [0.29, 0.717) is 17.3 Å². The fourth-order valence-electron chi connectivity index (χ4n) is 2.19. The molecule has 4 N–H and O–H groups in total. The number of nitrogens with two attached hydrogens (primary N) is 1. The van der Waals surface area contributed by atoms with Crippen molar-refractivity contribution in [3.05, 3.63) is 29.8 Å². The number of nitrogens with one attached hydrogen (secondary N) is 2. The predicted octanol–water partition coefficient (Wildman–Crippen LogP) is 2.03. The molecule has 0 bridgehead atoms. The van der Waals surface area contributed by atoms with Gasteiger partial charge >= 0.3 is 0 Å². The molecule has 0 aliphatic heterocycles. The predicted molar refractivity (Wildman–Crippen MR) is 83.1 cm³/mol. The number of benzene rings is 1. The summed E-state index contributed by atoms with van der Waals surface area (Å²) in [5.74, 6) is -0.283. The van der Waals surface area contributed by atoms with E-state index in [2.05, 4.69) is 10.6 Å². The Morgan fingerprint density at radius 3 is 2.71 bits per heavy atom. The molecule has 21 heavy (non-hydrogen) atoms. The van der Waals surface area contributed by atoms with Crippen LogP contribution in [0.25, 0.3) is 0 Å². The summed E-state index contributed by atoms with van der Waals surface area (Å²) >= 11 is 0. The zero-order valence-corrected chi connectivity index (χ0v) is 12.4. The first-order chi connectivity index (χ1) is 10.1. The Kier molecular flexibility index (Phi) is 5.33. The second-order valence-corrected chi connectivity index (χ2v) is 5.59. The summed E-state index contributed by atoms with van der Waals surface area (Å²) in [6.45, 7) is 2.04. The van der Waals surface area contributed by atoms with Crippen LogP contribution in [-0.2, 0) is 4.79 Å². The van der Waals surface area contributed by atoms with Crippen molar-refractivity contribution < 1.29 is 9.59 Å². The molecule has 1 saturated carbocycles. The Labute approximate surface area is 125 Å². The van der Waals surface area contributed by atoms with Gasteiger partial charge in [-0.15, -0.1) is 0 Å². The summed E-state index contributed by atoms with van der Waals surface area (Å²) in [7, 11) is 0. The second kappa shape index (κ2) is 7.22. The third-order valence-electron chi connectivity index (χ3n) is 3.47. The topological polar surface area (TPSA) is 84.2 Å². The van der Waals surface area contributed by atoms with E-state index in [1.807, 2.05) is 6.92 Å². The molecule has 1 aromatic rings. The van der Waals surface area contributed by atoms with E-state index >= 15 is 0 Å². The van der Waals surface area contributed by atoms with E-state index < -0.39 is 0 Å². The van der Waals surface area contributed by atoms with Gasteiger partial charge in [0.2, 0.25) is 5.91 Å². The van der Waals surface area contributed by atoms with Gasteiger partial charge in [0, 0.05) is 18.5 Å². The molecule has 1 unspecified atom stereocenters. The van der Waals surface area contributed by atoms with Crippen molar-refractivity contribution in [3.63, 3.8) is 0 Å². The molecule has 5 heteroatoms. The standard InChI is InChI=1S/C16H23N3O2/c1-2-5-11(17)10-15(20)19-14-7-4-3-6-13(14)16(21)18-12-8-9-12/h3-4,6-7,11-12H,2,5,8-10,17H2,1H3,(H,18,21)(H,19,20). The Morgan fingerprint density at radius 1 is 1.33 bits per heavy atom. The van der Waals surface area contributed by atoms with Gasteiger partial charge in [-0.25, -0.2) is 0 Å². The number of para-hydroxylation sites is 1. The first kappa shape index (κ1) is 15.5. The maximum absolute atomic E-state index is 12.1. The molecule has 0 heterocycles. The summed E-state index contributed by atoms with van der Waals surface area (Å²) in [6.07, 6.45) is 4.11. The average molecular weight is 289 g/mol. The molecule has 0 saturated heterocycles. The van der Waals surface area contributed by atoms with E-state index in [1.165, 1.54) is 0 Å². The summed E-state index contributed by atoms with van der Waals surface area (Å²) in [6, 6.07) is 7.21. The van der Waals surface area contributed by atoms with Crippen molar-refractivity contribution in [1.82, 2.24) is 5.32 Å². The van der Waals surface area contributed by atoms with Gasteiger partial charge in [-0.1, -0.05) is 25.5 Å². The first-order valence-corrected chi connectivity index (χ1v) is 7.55. The van der Waals surface area contributed by atoms with Crippen LogP contribution in [0.4, 0.5) is 5.69 Å². The quantitative estimate of drug-likeness (QED) is 0.718. The van der Waals surface area contributed by atoms with Crippen LogP contribution < -0.4 is 16.4 Å². The number of hydrogen-bond acceptors (Lipinski definition) is 3. The Balaban J connectivity index is 1.98. The molecular formula is C16H23N3O2. The molecule has 1 aliphatic carbocycles. The minimum atomic E-state index is -0.150. The minimum absolute atomic E-state index is 0.133. The van der Waals surface area contributed by atoms with Crippen molar-refractivity contribution in [2.75, 3.05) is 5.32 Å². The normalized spacial score (nSPS) is 15.3. The van der Waals surface area contributed by atoms with Crippen molar-refractivity contribution in [3.8, 4) is 0 Å². The monoisotopic (exact) mass is 289 g/mol. The fraction of sp³-hybridized carbons (Fsp3) is 0.500. The van der Waals surface area contributed by atoms with Crippen molar-refractivity contribution in [2.45, 2.75) is 51.1 Å². The molecule has 114 valence electrons. The van der Waals surface area contributed by atoms with E-state index in [1.54, 1.807) is 24.3 Å². The number of carbonyl (C=O) groups excluding carboxylic acids is 2. The summed E-state index contributed by atoms with van der Waals surface area (Å²) in [4.78, 5) is 24.1. The number of rotatable bonds is 7. The SMILES string of the molecule is CCCC(N)CC(=O)Nc1ccccc1C(=O)NC1CC1. The fourth-order valence-corrected chi connectivity index (χ4v) is 2.19. The van der Waals surface area contributed by atoms with Crippen LogP contribution in [0.3, 0.4) is 0 Å². The van der Waals surface area contributed by atoms with Crippen LogP contribution in [0.1, 0.15) is 49.4 Å². The van der Waals surface area contributed by atoms with Gasteiger partial charge in [-0.05, 0) is 31.4 Å². The lowest BCUT2D eigenvalue weighted by molar-refractivity contribution is -0.116. The summed E-state index contributed by atoms with van der Waals surface area (Å²) in [5, 5.41) is 5.72. The van der Waals surface area contributed by atoms with Crippen molar-refractivity contribution in [2.24, 2.45) is 5.73 Å². The maximum atomic E-state index is 12.1. The average Bonchev–Trinajstić information content (AvgIpc) is 3.23. The van der Waals surface area contributed by atoms with Crippen LogP contribution in [0.2, 0.25) is 0 Å². The smallest absolute Gasteiger partial charge is 0.253 e. The van der Waals surface area contributed by atoms with Gasteiger partial charge in [0.05, 0.1) is 11.3 Å². The number of anilines is 1. The van der Waals surface area contributed by atoms with E-state index in [-0.39, 0.29) is 24.3 Å². The highest BCUT2D eigenvalue weighted by atomic mass is 16.2. The molecule has 1 atom stereocenters. The molecule has 2 amide bonds. The maximum Gasteiger partial charge on any atom is 0.253 e. The van der Waals surface area contributed by atoms with Gasteiger partial charge in [0.1, 0.15) is 0 Å². The van der Waals surface area contributed by atoms with Gasteiger partial charge in [-0.3, -0.25) is 9.59 Å². The lowest BCUT2D eigenvalue weighted by Crippen LogP contribution is -2.29. The van der Waals surface area contributed by atoms with Crippen LogP contribution in [0.5, 0.6) is 0 Å². The Morgan fingerprint density at radius 2 is 2.05 bits per heavy atom. The minimum Gasteiger partial charge on any atom is -0.349 e. The van der Waals surface area contributed by atoms with Crippen LogP contribution in [-0.4, -0.2) is 23.9 Å². The molecule has 0 spiro atoms. The lowest BCUT2D eigenvalue weighted by Gasteiger charge is -2.13. The second-order valence-electron chi connectivity index (χ2n) is 5.59. The third kappa shape index (κ3) is 4.86. The molecule has 1 aliphatic rings. The van der Waals surface area contributed by atoms with Crippen LogP contribution >= 0.6 is 0 Å². The molecule has 2 rings (SSSR count). The Bertz CT molecular complexity index is 512. The molecule has 0 radical (unpaired) electrons. The highest BCUT2D eigenvalue weighted by molar-refractivity contribution is 6.04. The van der Waals surface area contributed by atoms with Gasteiger partial charge in [-0.2, -0.15) is 0 Å².